The minimum Gasteiger partial charge on any atom is -0.459 e. The van der Waals surface area contributed by atoms with Crippen molar-refractivity contribution in [1.82, 2.24) is 0 Å². The first-order valence-corrected chi connectivity index (χ1v) is 12.9. The highest BCUT2D eigenvalue weighted by Crippen LogP contribution is 2.65. The zero-order valence-corrected chi connectivity index (χ0v) is 20.3. The number of Topliss-reactive ketones (excluding diaryl/α,β-unsaturated/α-hetero) is 1. The molecule has 0 heterocycles. The van der Waals surface area contributed by atoms with Gasteiger partial charge >= 0.3 is 5.97 Å². The first kappa shape index (κ1) is 21.0. The monoisotopic (exact) mass is 520 g/mol. The van der Waals surface area contributed by atoms with E-state index in [9.17, 15) is 9.59 Å². The van der Waals surface area contributed by atoms with E-state index in [1.165, 1.54) is 19.3 Å². The van der Waals surface area contributed by atoms with Gasteiger partial charge in [-0.3, -0.25) is 4.79 Å². The van der Waals surface area contributed by atoms with Gasteiger partial charge in [0, 0.05) is 15.4 Å². The van der Waals surface area contributed by atoms with E-state index in [2.05, 4.69) is 36.4 Å². The molecule has 0 aliphatic heterocycles. The fourth-order valence-electron chi connectivity index (χ4n) is 7.93. The van der Waals surface area contributed by atoms with Crippen molar-refractivity contribution < 1.29 is 14.3 Å². The maximum atomic E-state index is 12.7. The van der Waals surface area contributed by atoms with Gasteiger partial charge in [-0.15, -0.1) is 0 Å². The van der Waals surface area contributed by atoms with E-state index >= 15 is 0 Å². The van der Waals surface area contributed by atoms with E-state index in [4.69, 9.17) is 4.74 Å². The van der Waals surface area contributed by atoms with Crippen LogP contribution in [0, 0.1) is 38.1 Å². The van der Waals surface area contributed by atoms with Crippen molar-refractivity contribution in [2.24, 2.45) is 34.5 Å². The number of halogens is 1. The number of benzene rings is 1. The van der Waals surface area contributed by atoms with Crippen LogP contribution in [0.15, 0.2) is 24.3 Å². The molecule has 0 N–H and O–H groups in total. The SMILES string of the molecule is C[C@]12CC[C@@H](OC(=O)c3cccc(I)c3)C[C@@H]1CC[C@@H]1[C@H]2CC[C@]2(C)C(=O)CC[C@@H]12. The van der Waals surface area contributed by atoms with Gasteiger partial charge in [0.1, 0.15) is 11.9 Å². The second kappa shape index (κ2) is 7.60. The summed E-state index contributed by atoms with van der Waals surface area (Å²) in [6.07, 6.45) is 9.91. The summed E-state index contributed by atoms with van der Waals surface area (Å²) in [5, 5.41) is 0. The molecule has 4 aliphatic rings. The van der Waals surface area contributed by atoms with Crippen LogP contribution in [0.5, 0.6) is 0 Å². The lowest BCUT2D eigenvalue weighted by atomic mass is 9.45. The predicted molar refractivity (Wildman–Crippen MR) is 125 cm³/mol. The van der Waals surface area contributed by atoms with E-state index in [0.717, 1.165) is 53.9 Å². The fourth-order valence-corrected chi connectivity index (χ4v) is 8.47. The molecule has 0 bridgehead atoms. The van der Waals surface area contributed by atoms with Gasteiger partial charge in [-0.2, -0.15) is 0 Å². The Morgan fingerprint density at radius 2 is 1.90 bits per heavy atom. The number of esters is 1. The van der Waals surface area contributed by atoms with Crippen LogP contribution in [0.2, 0.25) is 0 Å². The number of carbonyl (C=O) groups excluding carboxylic acids is 2. The molecule has 4 heteroatoms. The third-order valence-corrected chi connectivity index (χ3v) is 10.3. The van der Waals surface area contributed by atoms with Gasteiger partial charge in [-0.25, -0.2) is 4.79 Å². The van der Waals surface area contributed by atoms with Crippen molar-refractivity contribution >= 4 is 34.3 Å². The first-order chi connectivity index (χ1) is 14.3. The molecule has 1 aromatic rings. The number of ether oxygens (including phenoxy) is 1. The zero-order chi connectivity index (χ0) is 21.1. The predicted octanol–water partition coefficient (Wildman–Crippen LogP) is 6.43. The Bertz CT molecular complexity index is 866. The number of fused-ring (bicyclic) bond motifs is 5. The molecule has 4 aliphatic carbocycles. The number of ketones is 1. The maximum absolute atomic E-state index is 12.7. The maximum Gasteiger partial charge on any atom is 0.338 e. The van der Waals surface area contributed by atoms with Crippen LogP contribution in [0.4, 0.5) is 0 Å². The average Bonchev–Trinajstić information content (AvgIpc) is 3.03. The highest BCUT2D eigenvalue weighted by atomic mass is 127. The molecule has 4 saturated carbocycles. The van der Waals surface area contributed by atoms with Crippen molar-refractivity contribution in [1.29, 1.82) is 0 Å². The summed E-state index contributed by atoms with van der Waals surface area (Å²) in [6, 6.07) is 7.67. The number of hydrogen-bond acceptors (Lipinski definition) is 3. The molecule has 0 spiro atoms. The van der Waals surface area contributed by atoms with Crippen molar-refractivity contribution in [3.05, 3.63) is 33.4 Å². The standard InChI is InChI=1S/C26H33IO3/c1-25-12-10-19(30-24(29)16-4-3-5-18(27)14-16)15-17(25)6-7-20-21-8-9-23(28)26(21,2)13-11-22(20)25/h3-5,14,17,19-22H,6-13,15H2,1-2H3/t17-,19+,20-,21-,22+,25-,26-/m0/s1. The zero-order valence-electron chi connectivity index (χ0n) is 18.2. The smallest absolute Gasteiger partial charge is 0.338 e. The molecule has 0 amide bonds. The molecule has 4 fully saturated rings. The van der Waals surface area contributed by atoms with E-state index in [-0.39, 0.29) is 17.5 Å². The minimum absolute atomic E-state index is 0.0374. The molecular formula is C26H33IO3. The van der Waals surface area contributed by atoms with Crippen LogP contribution in [-0.4, -0.2) is 17.9 Å². The van der Waals surface area contributed by atoms with Gasteiger partial charge in [0.05, 0.1) is 5.56 Å². The normalized spacial score (nSPS) is 42.8. The van der Waals surface area contributed by atoms with Crippen LogP contribution < -0.4 is 0 Å². The number of carbonyl (C=O) groups is 2. The summed E-state index contributed by atoms with van der Waals surface area (Å²) in [7, 11) is 0. The Morgan fingerprint density at radius 1 is 1.07 bits per heavy atom. The molecule has 162 valence electrons. The van der Waals surface area contributed by atoms with E-state index in [1.54, 1.807) is 0 Å². The Balaban J connectivity index is 1.28. The Hall–Kier alpha value is -0.910. The van der Waals surface area contributed by atoms with E-state index in [1.807, 2.05) is 24.3 Å². The van der Waals surface area contributed by atoms with Gasteiger partial charge in [0.15, 0.2) is 0 Å². The summed E-state index contributed by atoms with van der Waals surface area (Å²) in [6.45, 7) is 4.78. The summed E-state index contributed by atoms with van der Waals surface area (Å²) >= 11 is 2.24. The molecule has 0 aromatic heterocycles. The molecule has 5 rings (SSSR count). The fraction of sp³-hybridized carbons (Fsp3) is 0.692. The molecule has 30 heavy (non-hydrogen) atoms. The van der Waals surface area contributed by atoms with Crippen molar-refractivity contribution in [2.45, 2.75) is 77.7 Å². The lowest BCUT2D eigenvalue weighted by Gasteiger charge is -2.60. The minimum atomic E-state index is -0.172. The molecule has 0 saturated heterocycles. The third-order valence-electron chi connectivity index (χ3n) is 9.66. The van der Waals surface area contributed by atoms with Crippen molar-refractivity contribution in [3.63, 3.8) is 0 Å². The number of hydrogen-bond donors (Lipinski definition) is 0. The van der Waals surface area contributed by atoms with Gasteiger partial charge in [0.25, 0.3) is 0 Å². The number of rotatable bonds is 2. The summed E-state index contributed by atoms with van der Waals surface area (Å²) in [5.41, 5.74) is 0.974. The lowest BCUT2D eigenvalue weighted by molar-refractivity contribution is -0.142. The van der Waals surface area contributed by atoms with Crippen LogP contribution >= 0.6 is 22.6 Å². The molecule has 1 aromatic carbocycles. The highest BCUT2D eigenvalue weighted by Gasteiger charge is 2.60. The van der Waals surface area contributed by atoms with Crippen LogP contribution in [0.3, 0.4) is 0 Å². The quantitative estimate of drug-likeness (QED) is 0.334. The second-order valence-electron chi connectivity index (χ2n) is 10.9. The average molecular weight is 520 g/mol. The second-order valence-corrected chi connectivity index (χ2v) is 12.1. The van der Waals surface area contributed by atoms with Crippen LogP contribution in [-0.2, 0) is 9.53 Å². The summed E-state index contributed by atoms with van der Waals surface area (Å²) < 4.78 is 7.04. The lowest BCUT2D eigenvalue weighted by Crippen LogP contribution is -2.54. The molecular weight excluding hydrogens is 487 g/mol. The van der Waals surface area contributed by atoms with Crippen LogP contribution in [0.25, 0.3) is 0 Å². The molecule has 0 radical (unpaired) electrons. The molecule has 3 nitrogen and oxygen atoms in total. The Morgan fingerprint density at radius 3 is 2.70 bits per heavy atom. The Labute approximate surface area is 193 Å². The van der Waals surface area contributed by atoms with Crippen molar-refractivity contribution in [3.8, 4) is 0 Å². The van der Waals surface area contributed by atoms with E-state index in [0.29, 0.717) is 28.6 Å². The van der Waals surface area contributed by atoms with Gasteiger partial charge in [-0.05, 0) is 121 Å². The third kappa shape index (κ3) is 3.27. The highest BCUT2D eigenvalue weighted by molar-refractivity contribution is 14.1. The van der Waals surface area contributed by atoms with Crippen molar-refractivity contribution in [2.75, 3.05) is 0 Å². The van der Waals surface area contributed by atoms with Gasteiger partial charge < -0.3 is 4.74 Å². The topological polar surface area (TPSA) is 43.4 Å². The summed E-state index contributed by atoms with van der Waals surface area (Å²) in [4.78, 5) is 25.3. The van der Waals surface area contributed by atoms with Crippen LogP contribution in [0.1, 0.15) is 82.0 Å². The van der Waals surface area contributed by atoms with Gasteiger partial charge in [-0.1, -0.05) is 19.9 Å². The summed E-state index contributed by atoms with van der Waals surface area (Å²) in [5.74, 6) is 3.08. The largest absolute Gasteiger partial charge is 0.459 e. The first-order valence-electron chi connectivity index (χ1n) is 11.8. The Kier molecular flexibility index (Phi) is 5.31. The molecule has 7 atom stereocenters. The molecule has 0 unspecified atom stereocenters. The van der Waals surface area contributed by atoms with Gasteiger partial charge in [0.2, 0.25) is 0 Å². The van der Waals surface area contributed by atoms with E-state index < -0.39 is 0 Å².